The lowest BCUT2D eigenvalue weighted by Crippen LogP contribution is -2.28. The van der Waals surface area contributed by atoms with E-state index < -0.39 is 0 Å². The molecule has 3 rings (SSSR count). The Bertz CT molecular complexity index is 880. The van der Waals surface area contributed by atoms with Crippen molar-refractivity contribution < 1.29 is 4.79 Å². The number of anilines is 1. The number of hydrogen-bond donors (Lipinski definition) is 2. The number of pyridine rings is 1. The summed E-state index contributed by atoms with van der Waals surface area (Å²) in [6.07, 6.45) is 3.72. The summed E-state index contributed by atoms with van der Waals surface area (Å²) < 4.78 is 2.76. The average Bonchev–Trinajstić information content (AvgIpc) is 3.11. The van der Waals surface area contributed by atoms with E-state index >= 15 is 0 Å². The first kappa shape index (κ1) is 16.9. The molecule has 0 saturated heterocycles. The van der Waals surface area contributed by atoms with Crippen LogP contribution in [0.4, 0.5) is 9.93 Å². The van der Waals surface area contributed by atoms with E-state index in [0.29, 0.717) is 11.7 Å². The van der Waals surface area contributed by atoms with Gasteiger partial charge in [-0.1, -0.05) is 26.8 Å². The van der Waals surface area contributed by atoms with Gasteiger partial charge in [-0.15, -0.1) is 11.3 Å². The quantitative estimate of drug-likeness (QED) is 0.683. The normalized spacial score (nSPS) is 11.7. The summed E-state index contributed by atoms with van der Waals surface area (Å²) in [5.74, 6) is 0. The standard InChI is InChI=1S/C16H18BrN5OS/c1-16(2,3)11-9-19-15(24-11)21-14(23)18-8-10-13(17)22-7-5-4-6-12(22)20-10/h4-7,9H,8H2,1-3H3,(H2,18,19,21,23). The number of thiazole rings is 1. The lowest BCUT2D eigenvalue weighted by molar-refractivity contribution is 0.251. The summed E-state index contributed by atoms with van der Waals surface area (Å²) in [7, 11) is 0. The van der Waals surface area contributed by atoms with Crippen molar-refractivity contribution in [3.8, 4) is 0 Å². The van der Waals surface area contributed by atoms with Gasteiger partial charge in [-0.05, 0) is 33.5 Å². The smallest absolute Gasteiger partial charge is 0.321 e. The molecule has 0 aliphatic heterocycles. The first-order chi connectivity index (χ1) is 11.3. The monoisotopic (exact) mass is 407 g/mol. The fourth-order valence-corrected chi connectivity index (χ4v) is 3.51. The molecule has 3 aromatic rings. The SMILES string of the molecule is CC(C)(C)c1cnc(NC(=O)NCc2nc3ccccn3c2Br)s1. The number of amides is 2. The van der Waals surface area contributed by atoms with Crippen molar-refractivity contribution in [2.45, 2.75) is 32.7 Å². The van der Waals surface area contributed by atoms with E-state index in [1.54, 1.807) is 6.20 Å². The zero-order chi connectivity index (χ0) is 17.3. The van der Waals surface area contributed by atoms with Crippen LogP contribution in [0.15, 0.2) is 35.2 Å². The van der Waals surface area contributed by atoms with Crippen molar-refractivity contribution >= 4 is 44.1 Å². The molecule has 0 radical (unpaired) electrons. The Labute approximate surface area is 152 Å². The first-order valence-corrected chi connectivity index (χ1v) is 9.08. The molecule has 2 amide bonds. The third kappa shape index (κ3) is 3.59. The van der Waals surface area contributed by atoms with Crippen LogP contribution in [0.25, 0.3) is 5.65 Å². The molecule has 0 aromatic carbocycles. The number of nitrogens with zero attached hydrogens (tertiary/aromatic N) is 3. The fourth-order valence-electron chi connectivity index (χ4n) is 2.11. The number of halogens is 1. The van der Waals surface area contributed by atoms with Crippen molar-refractivity contribution in [2.75, 3.05) is 5.32 Å². The number of aromatic nitrogens is 3. The molecule has 0 unspecified atom stereocenters. The van der Waals surface area contributed by atoms with Gasteiger partial charge in [-0.25, -0.2) is 14.8 Å². The van der Waals surface area contributed by atoms with E-state index in [2.05, 4.69) is 57.3 Å². The minimum absolute atomic E-state index is 0.0233. The van der Waals surface area contributed by atoms with Crippen LogP contribution in [0.1, 0.15) is 31.3 Å². The van der Waals surface area contributed by atoms with Crippen LogP contribution in [0, 0.1) is 0 Å². The summed E-state index contributed by atoms with van der Waals surface area (Å²) >= 11 is 5.00. The molecule has 126 valence electrons. The summed E-state index contributed by atoms with van der Waals surface area (Å²) in [6, 6.07) is 5.47. The highest BCUT2D eigenvalue weighted by Gasteiger charge is 2.18. The number of rotatable bonds is 3. The van der Waals surface area contributed by atoms with Gasteiger partial charge in [0.2, 0.25) is 0 Å². The zero-order valence-corrected chi connectivity index (χ0v) is 16.0. The Morgan fingerprint density at radius 2 is 2.17 bits per heavy atom. The van der Waals surface area contributed by atoms with Crippen LogP contribution < -0.4 is 10.6 Å². The highest BCUT2D eigenvalue weighted by Crippen LogP contribution is 2.30. The van der Waals surface area contributed by atoms with E-state index in [4.69, 9.17) is 0 Å². The van der Waals surface area contributed by atoms with Crippen LogP contribution in [0.5, 0.6) is 0 Å². The van der Waals surface area contributed by atoms with Crippen LogP contribution in [-0.4, -0.2) is 20.4 Å². The van der Waals surface area contributed by atoms with Crippen molar-refractivity contribution in [3.05, 3.63) is 45.8 Å². The van der Waals surface area contributed by atoms with Gasteiger partial charge in [-0.3, -0.25) is 9.72 Å². The van der Waals surface area contributed by atoms with Crippen LogP contribution in [-0.2, 0) is 12.0 Å². The number of nitrogens with one attached hydrogen (secondary N) is 2. The Kier molecular flexibility index (Phi) is 4.60. The second kappa shape index (κ2) is 6.52. The first-order valence-electron chi connectivity index (χ1n) is 7.47. The Hall–Kier alpha value is -1.93. The fraction of sp³-hybridized carbons (Fsp3) is 0.312. The minimum Gasteiger partial charge on any atom is -0.332 e. The Morgan fingerprint density at radius 1 is 1.38 bits per heavy atom. The zero-order valence-electron chi connectivity index (χ0n) is 13.6. The highest BCUT2D eigenvalue weighted by molar-refractivity contribution is 9.10. The molecule has 0 aliphatic carbocycles. The molecule has 0 spiro atoms. The van der Waals surface area contributed by atoms with Crippen LogP contribution in [0.2, 0.25) is 0 Å². The van der Waals surface area contributed by atoms with Gasteiger partial charge < -0.3 is 5.32 Å². The Balaban J connectivity index is 1.63. The largest absolute Gasteiger partial charge is 0.332 e. The Morgan fingerprint density at radius 3 is 2.83 bits per heavy atom. The molecule has 3 heterocycles. The third-order valence-corrected chi connectivity index (χ3v) is 5.60. The molecule has 8 heteroatoms. The van der Waals surface area contributed by atoms with E-state index in [9.17, 15) is 4.79 Å². The molecule has 0 saturated carbocycles. The van der Waals surface area contributed by atoms with Gasteiger partial charge in [-0.2, -0.15) is 0 Å². The van der Waals surface area contributed by atoms with Gasteiger partial charge >= 0.3 is 6.03 Å². The summed E-state index contributed by atoms with van der Waals surface area (Å²) in [6.45, 7) is 6.67. The maximum Gasteiger partial charge on any atom is 0.321 e. The lowest BCUT2D eigenvalue weighted by Gasteiger charge is -2.14. The number of hydrogen-bond acceptors (Lipinski definition) is 4. The maximum atomic E-state index is 12.1. The molecular weight excluding hydrogens is 390 g/mol. The van der Waals surface area contributed by atoms with Crippen molar-refractivity contribution in [1.82, 2.24) is 19.7 Å². The van der Waals surface area contributed by atoms with E-state index in [1.165, 1.54) is 11.3 Å². The minimum atomic E-state index is -0.297. The summed E-state index contributed by atoms with van der Waals surface area (Å²) in [5.41, 5.74) is 1.62. The number of carbonyl (C=O) groups is 1. The predicted molar refractivity (Wildman–Crippen MR) is 99.6 cm³/mol. The van der Waals surface area contributed by atoms with Gasteiger partial charge in [0.25, 0.3) is 0 Å². The van der Waals surface area contributed by atoms with Crippen LogP contribution >= 0.6 is 27.3 Å². The molecule has 3 aromatic heterocycles. The van der Waals surface area contributed by atoms with Gasteiger partial charge in [0.15, 0.2) is 5.13 Å². The molecule has 0 bridgehead atoms. The second-order valence-corrected chi connectivity index (χ2v) is 8.15. The summed E-state index contributed by atoms with van der Waals surface area (Å²) in [4.78, 5) is 21.9. The number of carbonyl (C=O) groups excluding carboxylic acids is 1. The molecule has 0 atom stereocenters. The highest BCUT2D eigenvalue weighted by atomic mass is 79.9. The van der Waals surface area contributed by atoms with Crippen molar-refractivity contribution in [3.63, 3.8) is 0 Å². The van der Waals surface area contributed by atoms with E-state index in [1.807, 2.05) is 28.8 Å². The van der Waals surface area contributed by atoms with Gasteiger partial charge in [0.05, 0.1) is 12.2 Å². The lowest BCUT2D eigenvalue weighted by atomic mass is 9.96. The molecular formula is C16H18BrN5OS. The van der Waals surface area contributed by atoms with Gasteiger partial charge in [0.1, 0.15) is 10.3 Å². The molecule has 0 aliphatic rings. The van der Waals surface area contributed by atoms with Crippen LogP contribution in [0.3, 0.4) is 0 Å². The third-order valence-electron chi connectivity index (χ3n) is 3.42. The second-order valence-electron chi connectivity index (χ2n) is 6.37. The molecule has 6 nitrogen and oxygen atoms in total. The van der Waals surface area contributed by atoms with Gasteiger partial charge in [0, 0.05) is 17.3 Å². The average molecular weight is 408 g/mol. The molecule has 2 N–H and O–H groups in total. The van der Waals surface area contributed by atoms with E-state index in [-0.39, 0.29) is 11.4 Å². The van der Waals surface area contributed by atoms with E-state index in [0.717, 1.165) is 20.8 Å². The molecule has 24 heavy (non-hydrogen) atoms. The molecule has 0 fully saturated rings. The maximum absolute atomic E-state index is 12.1. The number of fused-ring (bicyclic) bond motifs is 1. The predicted octanol–water partition coefficient (Wildman–Crippen LogP) is 4.17. The number of urea groups is 1. The topological polar surface area (TPSA) is 71.3 Å². The summed E-state index contributed by atoms with van der Waals surface area (Å²) in [5, 5.41) is 6.16. The van der Waals surface area contributed by atoms with Crippen molar-refractivity contribution in [1.29, 1.82) is 0 Å². The van der Waals surface area contributed by atoms with Crippen molar-refractivity contribution in [2.24, 2.45) is 0 Å². The number of imidazole rings is 1.